The van der Waals surface area contributed by atoms with Crippen LogP contribution >= 0.6 is 34.2 Å². The predicted molar refractivity (Wildman–Crippen MR) is 73.1 cm³/mol. The van der Waals surface area contributed by atoms with Crippen LogP contribution in [0.15, 0.2) is 18.2 Å². The van der Waals surface area contributed by atoms with Crippen molar-refractivity contribution in [3.8, 4) is 5.75 Å². The van der Waals surface area contributed by atoms with Gasteiger partial charge in [-0.15, -0.1) is 11.6 Å². The Morgan fingerprint density at radius 1 is 1.62 bits per heavy atom. The fraction of sp³-hybridized carbons (Fsp3) is 0.364. The van der Waals surface area contributed by atoms with Crippen LogP contribution in [0.1, 0.15) is 23.7 Å². The Hall–Kier alpha value is -0.490. The van der Waals surface area contributed by atoms with E-state index in [1.165, 1.54) is 6.07 Å². The first-order chi connectivity index (χ1) is 7.50. The third-order valence-electron chi connectivity index (χ3n) is 2.04. The van der Waals surface area contributed by atoms with Gasteiger partial charge in [-0.1, -0.05) is 0 Å². The van der Waals surface area contributed by atoms with Crippen molar-refractivity contribution < 1.29 is 9.90 Å². The Morgan fingerprint density at radius 3 is 2.88 bits per heavy atom. The van der Waals surface area contributed by atoms with Gasteiger partial charge in [0.2, 0.25) is 0 Å². The maximum Gasteiger partial charge on any atom is 0.251 e. The SMILES string of the molecule is CC(Cl)CCNC(=O)c1ccc(I)c(O)c1. The molecule has 0 heterocycles. The van der Waals surface area contributed by atoms with Gasteiger partial charge >= 0.3 is 0 Å². The number of aromatic hydroxyl groups is 1. The summed E-state index contributed by atoms with van der Waals surface area (Å²) in [7, 11) is 0. The molecule has 1 rings (SSSR count). The Kier molecular flexibility index (Phi) is 5.34. The number of hydrogen-bond donors (Lipinski definition) is 2. The van der Waals surface area contributed by atoms with Crippen LogP contribution in [0.2, 0.25) is 0 Å². The van der Waals surface area contributed by atoms with E-state index in [2.05, 4.69) is 5.32 Å². The molecule has 0 saturated carbocycles. The molecule has 5 heteroatoms. The molecule has 0 aliphatic rings. The molecule has 88 valence electrons. The molecule has 1 aromatic rings. The molecule has 0 bridgehead atoms. The second-order valence-corrected chi connectivity index (χ2v) is 5.40. The lowest BCUT2D eigenvalue weighted by molar-refractivity contribution is 0.0953. The fourth-order valence-electron chi connectivity index (χ4n) is 1.14. The van der Waals surface area contributed by atoms with E-state index in [0.29, 0.717) is 12.1 Å². The van der Waals surface area contributed by atoms with Crippen LogP contribution in [0.5, 0.6) is 5.75 Å². The normalized spacial score (nSPS) is 12.2. The van der Waals surface area contributed by atoms with Crippen molar-refractivity contribution in [2.45, 2.75) is 18.7 Å². The van der Waals surface area contributed by atoms with Crippen molar-refractivity contribution in [3.05, 3.63) is 27.3 Å². The van der Waals surface area contributed by atoms with E-state index in [9.17, 15) is 9.90 Å². The minimum absolute atomic E-state index is 0.0467. The Bertz CT molecular complexity index is 382. The van der Waals surface area contributed by atoms with E-state index in [1.807, 2.05) is 29.5 Å². The zero-order valence-corrected chi connectivity index (χ0v) is 11.7. The number of alkyl halides is 1. The highest BCUT2D eigenvalue weighted by atomic mass is 127. The van der Waals surface area contributed by atoms with Crippen LogP contribution in [0.3, 0.4) is 0 Å². The number of nitrogens with one attached hydrogen (secondary N) is 1. The van der Waals surface area contributed by atoms with Crippen molar-refractivity contribution >= 4 is 40.1 Å². The first kappa shape index (κ1) is 13.6. The second kappa shape index (κ2) is 6.30. The minimum atomic E-state index is -0.191. The Balaban J connectivity index is 2.56. The van der Waals surface area contributed by atoms with Gasteiger partial charge in [-0.05, 0) is 54.1 Å². The van der Waals surface area contributed by atoms with Gasteiger partial charge in [0.25, 0.3) is 5.91 Å². The lowest BCUT2D eigenvalue weighted by Gasteiger charge is -2.07. The van der Waals surface area contributed by atoms with E-state index in [0.717, 1.165) is 9.99 Å². The summed E-state index contributed by atoms with van der Waals surface area (Å²) in [5.74, 6) is -0.0667. The van der Waals surface area contributed by atoms with Crippen LogP contribution in [0.4, 0.5) is 0 Å². The highest BCUT2D eigenvalue weighted by molar-refractivity contribution is 14.1. The van der Waals surface area contributed by atoms with E-state index >= 15 is 0 Å². The molecule has 1 amide bonds. The van der Waals surface area contributed by atoms with Crippen LogP contribution in [-0.4, -0.2) is 22.9 Å². The smallest absolute Gasteiger partial charge is 0.251 e. The van der Waals surface area contributed by atoms with Gasteiger partial charge in [-0.25, -0.2) is 0 Å². The number of benzene rings is 1. The van der Waals surface area contributed by atoms with Crippen LogP contribution in [0, 0.1) is 3.57 Å². The highest BCUT2D eigenvalue weighted by Crippen LogP contribution is 2.20. The van der Waals surface area contributed by atoms with Crippen molar-refractivity contribution in [2.24, 2.45) is 0 Å². The summed E-state index contributed by atoms with van der Waals surface area (Å²) in [5.41, 5.74) is 0.458. The monoisotopic (exact) mass is 353 g/mol. The van der Waals surface area contributed by atoms with Crippen LogP contribution < -0.4 is 5.32 Å². The predicted octanol–water partition coefficient (Wildman–Crippen LogP) is 2.74. The molecule has 0 aromatic heterocycles. The van der Waals surface area contributed by atoms with Gasteiger partial charge in [0.05, 0.1) is 3.57 Å². The quantitative estimate of drug-likeness (QED) is 0.646. The molecule has 0 aliphatic heterocycles. The summed E-state index contributed by atoms with van der Waals surface area (Å²) in [6.45, 7) is 2.42. The van der Waals surface area contributed by atoms with Crippen molar-refractivity contribution in [2.75, 3.05) is 6.54 Å². The van der Waals surface area contributed by atoms with E-state index in [1.54, 1.807) is 12.1 Å². The van der Waals surface area contributed by atoms with Crippen LogP contribution in [0.25, 0.3) is 0 Å². The summed E-state index contributed by atoms with van der Waals surface area (Å²) in [5, 5.41) is 12.2. The molecule has 0 saturated heterocycles. The number of carbonyl (C=O) groups excluding carboxylic acids is 1. The first-order valence-electron chi connectivity index (χ1n) is 4.91. The van der Waals surface area contributed by atoms with Gasteiger partial charge in [0.1, 0.15) is 5.75 Å². The van der Waals surface area contributed by atoms with Gasteiger partial charge in [0, 0.05) is 17.5 Å². The molecule has 1 atom stereocenters. The molecule has 0 fully saturated rings. The summed E-state index contributed by atoms with van der Waals surface area (Å²) >= 11 is 7.76. The van der Waals surface area contributed by atoms with Gasteiger partial charge in [-0.2, -0.15) is 0 Å². The number of phenolic OH excluding ortho intramolecular Hbond substituents is 1. The average Bonchev–Trinajstić information content (AvgIpc) is 2.21. The van der Waals surface area contributed by atoms with Crippen molar-refractivity contribution in [1.82, 2.24) is 5.32 Å². The molecular formula is C11H13ClINO2. The molecular weight excluding hydrogens is 340 g/mol. The maximum atomic E-state index is 11.6. The molecule has 0 spiro atoms. The van der Waals surface area contributed by atoms with Gasteiger partial charge in [0.15, 0.2) is 0 Å². The van der Waals surface area contributed by atoms with E-state index in [-0.39, 0.29) is 17.0 Å². The number of halogens is 2. The average molecular weight is 354 g/mol. The maximum absolute atomic E-state index is 11.6. The van der Waals surface area contributed by atoms with Crippen molar-refractivity contribution in [1.29, 1.82) is 0 Å². The van der Waals surface area contributed by atoms with E-state index in [4.69, 9.17) is 11.6 Å². The summed E-state index contributed by atoms with van der Waals surface area (Å²) < 4.78 is 0.725. The summed E-state index contributed by atoms with van der Waals surface area (Å²) in [4.78, 5) is 11.6. The molecule has 2 N–H and O–H groups in total. The fourth-order valence-corrected chi connectivity index (χ4v) is 1.59. The lowest BCUT2D eigenvalue weighted by atomic mass is 10.2. The third kappa shape index (κ3) is 4.17. The van der Waals surface area contributed by atoms with Crippen molar-refractivity contribution in [3.63, 3.8) is 0 Å². The highest BCUT2D eigenvalue weighted by Gasteiger charge is 2.07. The van der Waals surface area contributed by atoms with Gasteiger partial charge < -0.3 is 10.4 Å². The molecule has 1 unspecified atom stereocenters. The van der Waals surface area contributed by atoms with E-state index < -0.39 is 0 Å². The third-order valence-corrected chi connectivity index (χ3v) is 3.17. The number of hydrogen-bond acceptors (Lipinski definition) is 2. The zero-order chi connectivity index (χ0) is 12.1. The number of phenols is 1. The first-order valence-corrected chi connectivity index (χ1v) is 6.43. The summed E-state index contributed by atoms with van der Waals surface area (Å²) in [6.07, 6.45) is 0.726. The Labute approximate surface area is 113 Å². The molecule has 0 aliphatic carbocycles. The number of carbonyl (C=O) groups is 1. The molecule has 0 radical (unpaired) electrons. The number of rotatable bonds is 4. The Morgan fingerprint density at radius 2 is 2.31 bits per heavy atom. The standard InChI is InChI=1S/C11H13ClINO2/c1-7(12)4-5-14-11(16)8-2-3-9(13)10(15)6-8/h2-3,6-7,15H,4-5H2,1H3,(H,14,16). The minimum Gasteiger partial charge on any atom is -0.507 e. The topological polar surface area (TPSA) is 49.3 Å². The molecule has 3 nitrogen and oxygen atoms in total. The second-order valence-electron chi connectivity index (χ2n) is 3.49. The van der Waals surface area contributed by atoms with Gasteiger partial charge in [-0.3, -0.25) is 4.79 Å². The molecule has 16 heavy (non-hydrogen) atoms. The largest absolute Gasteiger partial charge is 0.507 e. The zero-order valence-electron chi connectivity index (χ0n) is 8.84. The summed E-state index contributed by atoms with van der Waals surface area (Å²) in [6, 6.07) is 4.84. The van der Waals surface area contributed by atoms with Crippen LogP contribution in [-0.2, 0) is 0 Å². The lowest BCUT2D eigenvalue weighted by Crippen LogP contribution is -2.25. The molecule has 1 aromatic carbocycles. The number of amides is 1.